The topological polar surface area (TPSA) is 112 Å². The van der Waals surface area contributed by atoms with E-state index in [0.29, 0.717) is 23.7 Å². The van der Waals surface area contributed by atoms with Gasteiger partial charge in [-0.25, -0.2) is 13.1 Å². The quantitative estimate of drug-likeness (QED) is 0.671. The van der Waals surface area contributed by atoms with Gasteiger partial charge in [0.15, 0.2) is 0 Å². The molecular weight excluding hydrogens is 294 g/mol. The Labute approximate surface area is 125 Å². The van der Waals surface area contributed by atoms with Crippen LogP contribution in [0.4, 0.5) is 0 Å². The van der Waals surface area contributed by atoms with Crippen molar-refractivity contribution in [3.8, 4) is 0 Å². The fourth-order valence-corrected chi connectivity index (χ4v) is 3.87. The second kappa shape index (κ2) is 7.04. The number of rotatable bonds is 8. The van der Waals surface area contributed by atoms with Crippen LogP contribution >= 0.6 is 0 Å². The Morgan fingerprint density at radius 2 is 2.00 bits per heavy atom. The SMILES string of the molecule is Cc1n[nH]c(C)c1S(=O)(=O)NC[C@H](CC(=O)O)CC(C)C. The zero-order chi connectivity index (χ0) is 16.2. The lowest BCUT2D eigenvalue weighted by molar-refractivity contribution is -0.138. The Kier molecular flexibility index (Phi) is 5.91. The molecule has 0 fully saturated rings. The average Bonchev–Trinajstić information content (AvgIpc) is 2.65. The van der Waals surface area contributed by atoms with E-state index >= 15 is 0 Å². The van der Waals surface area contributed by atoms with Gasteiger partial charge in [-0.15, -0.1) is 0 Å². The van der Waals surface area contributed by atoms with Crippen molar-refractivity contribution in [2.75, 3.05) is 6.54 Å². The van der Waals surface area contributed by atoms with Gasteiger partial charge in [-0.05, 0) is 32.1 Å². The van der Waals surface area contributed by atoms with Gasteiger partial charge in [0.25, 0.3) is 0 Å². The van der Waals surface area contributed by atoms with Crippen molar-refractivity contribution in [2.24, 2.45) is 11.8 Å². The van der Waals surface area contributed by atoms with E-state index in [1.54, 1.807) is 13.8 Å². The number of carbonyl (C=O) groups is 1. The molecule has 1 rings (SSSR count). The molecule has 0 amide bonds. The number of H-pyrrole nitrogens is 1. The van der Waals surface area contributed by atoms with Crippen LogP contribution in [0.15, 0.2) is 4.90 Å². The number of nitrogens with one attached hydrogen (secondary N) is 2. The summed E-state index contributed by atoms with van der Waals surface area (Å²) in [5, 5.41) is 15.4. The molecule has 0 saturated carbocycles. The highest BCUT2D eigenvalue weighted by Gasteiger charge is 2.24. The van der Waals surface area contributed by atoms with Crippen molar-refractivity contribution in [1.82, 2.24) is 14.9 Å². The van der Waals surface area contributed by atoms with Crippen LogP contribution in [0.3, 0.4) is 0 Å². The number of aromatic amines is 1. The molecule has 0 saturated heterocycles. The molecule has 0 aliphatic rings. The molecule has 0 aromatic carbocycles. The summed E-state index contributed by atoms with van der Waals surface area (Å²) in [6, 6.07) is 0. The minimum absolute atomic E-state index is 0.0515. The summed E-state index contributed by atoms with van der Waals surface area (Å²) in [4.78, 5) is 11.0. The van der Waals surface area contributed by atoms with Crippen LogP contribution in [0.2, 0.25) is 0 Å². The second-order valence-electron chi connectivity index (χ2n) is 5.71. The van der Waals surface area contributed by atoms with Crippen LogP contribution < -0.4 is 4.72 Å². The highest BCUT2D eigenvalue weighted by molar-refractivity contribution is 7.89. The Morgan fingerprint density at radius 3 is 2.43 bits per heavy atom. The fraction of sp³-hybridized carbons (Fsp3) is 0.692. The molecule has 0 unspecified atom stereocenters. The van der Waals surface area contributed by atoms with E-state index in [1.807, 2.05) is 13.8 Å². The summed E-state index contributed by atoms with van der Waals surface area (Å²) >= 11 is 0. The van der Waals surface area contributed by atoms with E-state index in [2.05, 4.69) is 14.9 Å². The third-order valence-electron chi connectivity index (χ3n) is 3.16. The molecular formula is C13H23N3O4S. The van der Waals surface area contributed by atoms with Crippen molar-refractivity contribution in [3.63, 3.8) is 0 Å². The molecule has 0 spiro atoms. The smallest absolute Gasteiger partial charge is 0.303 e. The van der Waals surface area contributed by atoms with E-state index in [-0.39, 0.29) is 23.8 Å². The molecule has 0 aliphatic carbocycles. The molecule has 0 radical (unpaired) electrons. The predicted octanol–water partition coefficient (Wildman–Crippen LogP) is 1.44. The number of hydrogen-bond donors (Lipinski definition) is 3. The Morgan fingerprint density at radius 1 is 1.38 bits per heavy atom. The van der Waals surface area contributed by atoms with E-state index in [1.165, 1.54) is 0 Å². The maximum absolute atomic E-state index is 12.3. The van der Waals surface area contributed by atoms with E-state index in [0.717, 1.165) is 0 Å². The van der Waals surface area contributed by atoms with Gasteiger partial charge in [-0.1, -0.05) is 13.8 Å². The van der Waals surface area contributed by atoms with E-state index in [4.69, 9.17) is 5.11 Å². The number of hydrogen-bond acceptors (Lipinski definition) is 4. The van der Waals surface area contributed by atoms with Crippen LogP contribution in [0.1, 0.15) is 38.1 Å². The molecule has 0 aliphatic heterocycles. The molecule has 120 valence electrons. The number of carboxylic acids is 1. The van der Waals surface area contributed by atoms with Gasteiger partial charge in [-0.3, -0.25) is 9.89 Å². The number of sulfonamides is 1. The maximum atomic E-state index is 12.3. The molecule has 21 heavy (non-hydrogen) atoms. The Bertz CT molecular complexity index is 573. The van der Waals surface area contributed by atoms with Crippen molar-refractivity contribution in [2.45, 2.75) is 45.4 Å². The lowest BCUT2D eigenvalue weighted by Crippen LogP contribution is -2.31. The minimum Gasteiger partial charge on any atom is -0.481 e. The van der Waals surface area contributed by atoms with Crippen molar-refractivity contribution < 1.29 is 18.3 Å². The Hall–Kier alpha value is -1.41. The standard InChI is InChI=1S/C13H23N3O4S/c1-8(2)5-11(6-12(17)18)7-14-21(19,20)13-9(3)15-16-10(13)4/h8,11,14H,5-7H2,1-4H3,(H,15,16)(H,17,18)/t11-/m0/s1. The summed E-state index contributed by atoms with van der Waals surface area (Å²) in [5.74, 6) is -0.850. The summed E-state index contributed by atoms with van der Waals surface area (Å²) in [7, 11) is -3.68. The lowest BCUT2D eigenvalue weighted by atomic mass is 9.94. The average molecular weight is 317 g/mol. The third-order valence-corrected chi connectivity index (χ3v) is 4.85. The van der Waals surface area contributed by atoms with E-state index in [9.17, 15) is 13.2 Å². The number of aliphatic carboxylic acids is 1. The van der Waals surface area contributed by atoms with Gasteiger partial charge in [0, 0.05) is 13.0 Å². The van der Waals surface area contributed by atoms with Gasteiger partial charge in [0.1, 0.15) is 4.90 Å². The molecule has 1 heterocycles. The first-order valence-corrected chi connectivity index (χ1v) is 8.34. The molecule has 3 N–H and O–H groups in total. The van der Waals surface area contributed by atoms with Crippen LogP contribution in [-0.4, -0.2) is 36.2 Å². The second-order valence-corrected chi connectivity index (χ2v) is 7.41. The minimum atomic E-state index is -3.68. The summed E-state index contributed by atoms with van der Waals surface area (Å²) in [6.07, 6.45) is 0.599. The van der Waals surface area contributed by atoms with E-state index < -0.39 is 16.0 Å². The molecule has 1 atom stereocenters. The van der Waals surface area contributed by atoms with Crippen LogP contribution in [0.5, 0.6) is 0 Å². The first kappa shape index (κ1) is 17.6. The van der Waals surface area contributed by atoms with Crippen LogP contribution in [-0.2, 0) is 14.8 Å². The summed E-state index contributed by atoms with van der Waals surface area (Å²) in [5.41, 5.74) is 0.872. The molecule has 0 bridgehead atoms. The van der Waals surface area contributed by atoms with Crippen LogP contribution in [0, 0.1) is 25.7 Å². The fourth-order valence-electron chi connectivity index (χ4n) is 2.39. The molecule has 1 aromatic heterocycles. The number of aryl methyl sites for hydroxylation is 2. The van der Waals surface area contributed by atoms with Gasteiger partial charge in [-0.2, -0.15) is 5.10 Å². The normalized spacial score (nSPS) is 13.6. The number of carboxylic acid groups (broad SMARTS) is 1. The maximum Gasteiger partial charge on any atom is 0.303 e. The van der Waals surface area contributed by atoms with Crippen molar-refractivity contribution in [1.29, 1.82) is 0 Å². The lowest BCUT2D eigenvalue weighted by Gasteiger charge is -2.18. The summed E-state index contributed by atoms with van der Waals surface area (Å²) < 4.78 is 27.1. The highest BCUT2D eigenvalue weighted by Crippen LogP contribution is 2.19. The highest BCUT2D eigenvalue weighted by atomic mass is 32.2. The third kappa shape index (κ3) is 5.13. The van der Waals surface area contributed by atoms with Crippen molar-refractivity contribution in [3.05, 3.63) is 11.4 Å². The Balaban J connectivity index is 2.81. The monoisotopic (exact) mass is 317 g/mol. The van der Waals surface area contributed by atoms with Crippen LogP contribution in [0.25, 0.3) is 0 Å². The predicted molar refractivity (Wildman–Crippen MR) is 78.4 cm³/mol. The molecule has 7 nitrogen and oxygen atoms in total. The van der Waals surface area contributed by atoms with Gasteiger partial charge >= 0.3 is 5.97 Å². The largest absolute Gasteiger partial charge is 0.481 e. The molecule has 1 aromatic rings. The first-order chi connectivity index (χ1) is 9.63. The van der Waals surface area contributed by atoms with Crippen molar-refractivity contribution >= 4 is 16.0 Å². The zero-order valence-electron chi connectivity index (χ0n) is 12.8. The summed E-state index contributed by atoms with van der Waals surface area (Å²) in [6.45, 7) is 7.32. The first-order valence-electron chi connectivity index (χ1n) is 6.86. The zero-order valence-corrected chi connectivity index (χ0v) is 13.6. The van der Waals surface area contributed by atoms with Gasteiger partial charge in [0.05, 0.1) is 11.4 Å². The number of nitrogens with zero attached hydrogens (tertiary/aromatic N) is 1. The number of aromatic nitrogens is 2. The van der Waals surface area contributed by atoms with Gasteiger partial charge < -0.3 is 5.11 Å². The molecule has 8 heteroatoms. The van der Waals surface area contributed by atoms with Gasteiger partial charge in [0.2, 0.25) is 10.0 Å².